The number of ketones is 1. The third kappa shape index (κ3) is 5.81. The van der Waals surface area contributed by atoms with E-state index in [1.807, 2.05) is 0 Å². The van der Waals surface area contributed by atoms with Gasteiger partial charge in [-0.15, -0.1) is 0 Å². The van der Waals surface area contributed by atoms with Gasteiger partial charge in [-0.3, -0.25) is 30.0 Å². The molecule has 1 saturated carbocycles. The summed E-state index contributed by atoms with van der Waals surface area (Å²) >= 11 is 0. The second-order valence-corrected chi connectivity index (χ2v) is 12.4. The number of nitrogens with zero attached hydrogens (tertiary/aromatic N) is 1. The Morgan fingerprint density at radius 3 is 2.53 bits per heavy atom. The molecule has 1 aliphatic carbocycles. The van der Waals surface area contributed by atoms with Gasteiger partial charge < -0.3 is 5.32 Å². The molecule has 1 aliphatic heterocycles. The van der Waals surface area contributed by atoms with Crippen LogP contribution in [-0.4, -0.2) is 43.8 Å². The largest absolute Gasteiger partial charge is 0.354 e. The van der Waals surface area contributed by atoms with Crippen molar-refractivity contribution < 1.29 is 22.8 Å². The molecule has 0 atom stereocenters. The van der Waals surface area contributed by atoms with Crippen molar-refractivity contribution in [1.82, 2.24) is 10.6 Å². The number of benzene rings is 2. The van der Waals surface area contributed by atoms with Crippen LogP contribution < -0.4 is 16.0 Å². The lowest BCUT2D eigenvalue weighted by Gasteiger charge is -2.17. The molecule has 190 valence electrons. The van der Waals surface area contributed by atoms with Crippen molar-refractivity contribution in [1.29, 1.82) is 0 Å². The van der Waals surface area contributed by atoms with E-state index >= 15 is 0 Å². The van der Waals surface area contributed by atoms with Gasteiger partial charge in [0, 0.05) is 29.7 Å². The van der Waals surface area contributed by atoms with E-state index < -0.39 is 21.0 Å². The fourth-order valence-corrected chi connectivity index (χ4v) is 5.04. The monoisotopic (exact) mass is 510 g/mol. The number of amides is 2. The molecule has 0 bridgehead atoms. The molecule has 0 saturated heterocycles. The maximum absolute atomic E-state index is 13.2. The summed E-state index contributed by atoms with van der Waals surface area (Å²) < 4.78 is 26.4. The van der Waals surface area contributed by atoms with Gasteiger partial charge in [-0.25, -0.2) is 8.42 Å². The van der Waals surface area contributed by atoms with Crippen LogP contribution in [0.2, 0.25) is 0 Å². The Labute approximate surface area is 210 Å². The summed E-state index contributed by atoms with van der Waals surface area (Å²) in [4.78, 5) is 41.1. The number of anilines is 2. The zero-order valence-corrected chi connectivity index (χ0v) is 21.4. The number of rotatable bonds is 8. The van der Waals surface area contributed by atoms with E-state index in [0.29, 0.717) is 23.4 Å². The Bertz CT molecular complexity index is 1360. The number of hydrogen-bond acceptors (Lipinski definition) is 7. The Hall–Kier alpha value is -3.53. The molecule has 2 aromatic carbocycles. The van der Waals surface area contributed by atoms with Crippen LogP contribution in [0, 0.1) is 5.41 Å². The lowest BCUT2D eigenvalue weighted by molar-refractivity contribution is -0.119. The van der Waals surface area contributed by atoms with Gasteiger partial charge in [-0.2, -0.15) is 0 Å². The maximum atomic E-state index is 13.2. The third-order valence-electron chi connectivity index (χ3n) is 6.42. The molecule has 1 fully saturated rings. The number of hydrogen-bond donors (Lipinski definition) is 3. The van der Waals surface area contributed by atoms with Gasteiger partial charge in [0.05, 0.1) is 22.4 Å². The van der Waals surface area contributed by atoms with Crippen LogP contribution in [0.3, 0.4) is 0 Å². The summed E-state index contributed by atoms with van der Waals surface area (Å²) in [7, 11) is -3.78. The average molecular weight is 511 g/mol. The van der Waals surface area contributed by atoms with Gasteiger partial charge in [0.15, 0.2) is 15.6 Å². The SMILES string of the molecule is CC(C)S(=O)(=O)c1cc(C(=O)NC2=NCCC(=O)N2)ccc1Nc1cccc(C(=O)CC2(C)CC2)c1. The third-order valence-corrected chi connectivity index (χ3v) is 8.62. The summed E-state index contributed by atoms with van der Waals surface area (Å²) in [5.74, 6) is -0.759. The van der Waals surface area contributed by atoms with Crippen LogP contribution in [0.4, 0.5) is 11.4 Å². The van der Waals surface area contributed by atoms with Gasteiger partial charge in [-0.1, -0.05) is 19.1 Å². The molecule has 3 N–H and O–H groups in total. The Kier molecular flexibility index (Phi) is 6.99. The van der Waals surface area contributed by atoms with Crippen molar-refractivity contribution in [2.24, 2.45) is 10.4 Å². The summed E-state index contributed by atoms with van der Waals surface area (Å²) in [5, 5.41) is 7.38. The first-order valence-electron chi connectivity index (χ1n) is 11.9. The molecule has 0 aromatic heterocycles. The Balaban J connectivity index is 1.61. The summed E-state index contributed by atoms with van der Waals surface area (Å²) in [5.41, 5.74) is 1.61. The number of Topliss-reactive ketones (excluding diaryl/α,β-unsaturated/α-hetero) is 1. The van der Waals surface area contributed by atoms with Crippen molar-refractivity contribution in [3.8, 4) is 0 Å². The van der Waals surface area contributed by atoms with E-state index in [2.05, 4.69) is 27.9 Å². The summed E-state index contributed by atoms with van der Waals surface area (Å²) in [6.45, 7) is 5.49. The first-order valence-corrected chi connectivity index (χ1v) is 13.5. The van der Waals surface area contributed by atoms with Gasteiger partial charge >= 0.3 is 0 Å². The quantitative estimate of drug-likeness (QED) is 0.465. The van der Waals surface area contributed by atoms with Crippen LogP contribution in [0.5, 0.6) is 0 Å². The highest BCUT2D eigenvalue weighted by molar-refractivity contribution is 7.92. The average Bonchev–Trinajstić information content (AvgIpc) is 3.55. The highest BCUT2D eigenvalue weighted by Crippen LogP contribution is 2.48. The fraction of sp³-hybridized carbons (Fsp3) is 0.385. The number of carbonyl (C=O) groups is 3. The van der Waals surface area contributed by atoms with E-state index in [-0.39, 0.29) is 46.5 Å². The van der Waals surface area contributed by atoms with Crippen LogP contribution in [0.15, 0.2) is 52.4 Å². The van der Waals surface area contributed by atoms with Crippen LogP contribution >= 0.6 is 0 Å². The predicted molar refractivity (Wildman–Crippen MR) is 137 cm³/mol. The van der Waals surface area contributed by atoms with Crippen LogP contribution in [0.25, 0.3) is 0 Å². The van der Waals surface area contributed by atoms with Crippen LogP contribution in [0.1, 0.15) is 67.2 Å². The lowest BCUT2D eigenvalue weighted by Crippen LogP contribution is -2.46. The topological polar surface area (TPSA) is 134 Å². The molecule has 9 nitrogen and oxygen atoms in total. The normalized spacial score (nSPS) is 16.7. The molecule has 10 heteroatoms. The Morgan fingerprint density at radius 1 is 1.11 bits per heavy atom. The van der Waals surface area contributed by atoms with E-state index in [1.54, 1.807) is 38.1 Å². The van der Waals surface area contributed by atoms with E-state index in [1.165, 1.54) is 18.2 Å². The van der Waals surface area contributed by atoms with Crippen molar-refractivity contribution in [3.05, 3.63) is 53.6 Å². The van der Waals surface area contributed by atoms with Crippen LogP contribution in [-0.2, 0) is 14.6 Å². The molecule has 2 aliphatic rings. The maximum Gasteiger partial charge on any atom is 0.258 e. The van der Waals surface area contributed by atoms with Gasteiger partial charge in [0.1, 0.15) is 0 Å². The number of carbonyl (C=O) groups excluding carboxylic acids is 3. The number of nitrogens with one attached hydrogen (secondary N) is 3. The first kappa shape index (κ1) is 25.6. The smallest absolute Gasteiger partial charge is 0.258 e. The van der Waals surface area contributed by atoms with Crippen molar-refractivity contribution >= 4 is 44.8 Å². The van der Waals surface area contributed by atoms with Gasteiger partial charge in [-0.05, 0) is 62.4 Å². The lowest BCUT2D eigenvalue weighted by atomic mass is 9.97. The molecule has 36 heavy (non-hydrogen) atoms. The van der Waals surface area contributed by atoms with Gasteiger partial charge in [0.25, 0.3) is 5.91 Å². The fourth-order valence-electron chi connectivity index (χ4n) is 3.82. The second-order valence-electron chi connectivity index (χ2n) is 9.90. The Morgan fingerprint density at radius 2 is 1.86 bits per heavy atom. The molecule has 0 radical (unpaired) electrons. The highest BCUT2D eigenvalue weighted by atomic mass is 32.2. The second kappa shape index (κ2) is 9.85. The first-order chi connectivity index (χ1) is 17.0. The zero-order valence-electron chi connectivity index (χ0n) is 20.6. The van der Waals surface area contributed by atoms with Crippen molar-refractivity contribution in [2.45, 2.75) is 56.6 Å². The van der Waals surface area contributed by atoms with E-state index in [4.69, 9.17) is 0 Å². The standard InChI is InChI=1S/C26H30N4O5S/c1-16(2)36(34,35)22-14-18(24(33)30-25-27-12-9-23(32)29-25)7-8-20(22)28-19-6-4-5-17(13-19)21(31)15-26(3)10-11-26/h4-8,13-14,16,28H,9-12,15H2,1-3H3,(H2,27,29,30,32,33). The molecule has 2 amide bonds. The molecular formula is C26H30N4O5S. The molecule has 1 heterocycles. The minimum atomic E-state index is -3.78. The molecule has 0 unspecified atom stereocenters. The number of sulfone groups is 1. The van der Waals surface area contributed by atoms with E-state index in [0.717, 1.165) is 12.8 Å². The molecule has 0 spiro atoms. The predicted octanol–water partition coefficient (Wildman–Crippen LogP) is 3.59. The van der Waals surface area contributed by atoms with E-state index in [9.17, 15) is 22.8 Å². The van der Waals surface area contributed by atoms with Gasteiger partial charge in [0.2, 0.25) is 11.9 Å². The van der Waals surface area contributed by atoms with Crippen molar-refractivity contribution in [2.75, 3.05) is 11.9 Å². The number of aliphatic imine (C=N–C) groups is 1. The summed E-state index contributed by atoms with van der Waals surface area (Å²) in [6.07, 6.45) is 2.82. The van der Waals surface area contributed by atoms with Crippen molar-refractivity contribution in [3.63, 3.8) is 0 Å². The molecule has 2 aromatic rings. The minimum Gasteiger partial charge on any atom is -0.354 e. The summed E-state index contributed by atoms with van der Waals surface area (Å²) in [6, 6.07) is 11.3. The highest BCUT2D eigenvalue weighted by Gasteiger charge is 2.39. The molecular weight excluding hydrogens is 480 g/mol. The zero-order chi connectivity index (χ0) is 26.1. The minimum absolute atomic E-state index is 0.0354. The number of guanidine groups is 1. The molecule has 4 rings (SSSR count).